The zero-order chi connectivity index (χ0) is 19.4. The van der Waals surface area contributed by atoms with Crippen molar-refractivity contribution in [2.24, 2.45) is 0 Å². The number of hydrogen-bond donors (Lipinski definition) is 0. The van der Waals surface area contributed by atoms with Crippen LogP contribution < -0.4 is 5.11 Å². The van der Waals surface area contributed by atoms with E-state index in [4.69, 9.17) is 23.7 Å². The summed E-state index contributed by atoms with van der Waals surface area (Å²) < 4.78 is 24.5. The summed E-state index contributed by atoms with van der Waals surface area (Å²) in [5.74, 6) is -8.54. The second kappa shape index (κ2) is 7.79. The molecule has 1 aliphatic rings. The standard InChI is InChI=1S/C15H22O10/c1-6-21-12(19)15(13(20)22-7-2)23-8(10(16)17)9(24-15)11(18)25-14(3,4)5/h8-9H,6-7H2,1-5H3,(H,16,17)/p-1/t8-,9-/m1/s1. The lowest BCUT2D eigenvalue weighted by atomic mass is 10.1. The van der Waals surface area contributed by atoms with Gasteiger partial charge in [-0.2, -0.15) is 0 Å². The van der Waals surface area contributed by atoms with Crippen LogP contribution in [-0.4, -0.2) is 60.7 Å². The second-order valence-electron chi connectivity index (χ2n) is 5.99. The molecule has 0 unspecified atom stereocenters. The number of hydrogen-bond acceptors (Lipinski definition) is 10. The first kappa shape index (κ1) is 20.8. The molecule has 10 heteroatoms. The molecule has 2 atom stereocenters. The summed E-state index contributed by atoms with van der Waals surface area (Å²) in [6.07, 6.45) is -3.98. The van der Waals surface area contributed by atoms with E-state index in [9.17, 15) is 24.3 Å². The molecule has 0 amide bonds. The normalized spacial score (nSPS) is 22.1. The molecule has 0 aliphatic carbocycles. The van der Waals surface area contributed by atoms with Crippen LogP contribution in [0, 0.1) is 0 Å². The molecule has 0 N–H and O–H groups in total. The van der Waals surface area contributed by atoms with Crippen LogP contribution in [0.25, 0.3) is 0 Å². The third-order valence-corrected chi connectivity index (χ3v) is 2.82. The average molecular weight is 361 g/mol. The van der Waals surface area contributed by atoms with Crippen LogP contribution in [0.3, 0.4) is 0 Å². The Balaban J connectivity index is 3.24. The van der Waals surface area contributed by atoms with Crippen LogP contribution >= 0.6 is 0 Å². The molecule has 10 nitrogen and oxygen atoms in total. The Morgan fingerprint density at radius 3 is 1.76 bits per heavy atom. The van der Waals surface area contributed by atoms with Gasteiger partial charge in [0.2, 0.25) is 0 Å². The molecule has 0 aromatic rings. The molecule has 142 valence electrons. The fraction of sp³-hybridized carbons (Fsp3) is 0.733. The molecule has 0 radical (unpaired) electrons. The number of rotatable bonds is 6. The van der Waals surface area contributed by atoms with Crippen molar-refractivity contribution < 1.29 is 48.0 Å². The van der Waals surface area contributed by atoms with Gasteiger partial charge in [0.15, 0.2) is 6.10 Å². The highest BCUT2D eigenvalue weighted by molar-refractivity contribution is 6.03. The van der Waals surface area contributed by atoms with E-state index in [2.05, 4.69) is 0 Å². The maximum Gasteiger partial charge on any atom is 0.379 e. The van der Waals surface area contributed by atoms with Crippen LogP contribution in [0.4, 0.5) is 0 Å². The molecule has 0 aromatic carbocycles. The van der Waals surface area contributed by atoms with Crippen LogP contribution in [0.5, 0.6) is 0 Å². The molecule has 0 saturated carbocycles. The highest BCUT2D eigenvalue weighted by atomic mass is 16.8. The summed E-state index contributed by atoms with van der Waals surface area (Å²) in [7, 11) is 0. The molecule has 1 heterocycles. The molecule has 0 bridgehead atoms. The van der Waals surface area contributed by atoms with Gasteiger partial charge in [-0.15, -0.1) is 0 Å². The Kier molecular flexibility index (Phi) is 6.49. The first-order valence-corrected chi connectivity index (χ1v) is 7.62. The lowest BCUT2D eigenvalue weighted by Crippen LogP contribution is -2.51. The Morgan fingerprint density at radius 1 is 0.960 bits per heavy atom. The van der Waals surface area contributed by atoms with Crippen LogP contribution in [0.2, 0.25) is 0 Å². The Bertz CT molecular complexity index is 529. The third kappa shape index (κ3) is 4.67. The quantitative estimate of drug-likeness (QED) is 0.318. The molecule has 1 saturated heterocycles. The van der Waals surface area contributed by atoms with Crippen molar-refractivity contribution in [2.75, 3.05) is 13.2 Å². The second-order valence-corrected chi connectivity index (χ2v) is 5.99. The number of carbonyl (C=O) groups is 4. The van der Waals surface area contributed by atoms with Gasteiger partial charge in [-0.3, -0.25) is 0 Å². The van der Waals surface area contributed by atoms with Gasteiger partial charge in [-0.1, -0.05) is 0 Å². The SMILES string of the molecule is CCOC(=O)C1(C(=O)OCC)O[C@@H](C(=O)[O-])[C@H](C(=O)OC(C)(C)C)O1. The van der Waals surface area contributed by atoms with Crippen LogP contribution in [-0.2, 0) is 42.9 Å². The number of carboxylic acids is 1. The lowest BCUT2D eigenvalue weighted by Gasteiger charge is -2.24. The first-order valence-electron chi connectivity index (χ1n) is 7.62. The summed E-state index contributed by atoms with van der Waals surface area (Å²) in [5, 5.41) is 11.3. The van der Waals surface area contributed by atoms with Crippen molar-refractivity contribution in [3.05, 3.63) is 0 Å². The summed E-state index contributed by atoms with van der Waals surface area (Å²) >= 11 is 0. The summed E-state index contributed by atoms with van der Waals surface area (Å²) in [4.78, 5) is 47.8. The number of carboxylic acid groups (broad SMARTS) is 1. The van der Waals surface area contributed by atoms with Crippen LogP contribution in [0.1, 0.15) is 34.6 Å². The molecular formula is C15H21O10-. The fourth-order valence-corrected chi connectivity index (χ4v) is 1.94. The summed E-state index contributed by atoms with van der Waals surface area (Å²) in [6, 6.07) is 0. The molecule has 0 spiro atoms. The van der Waals surface area contributed by atoms with Crippen molar-refractivity contribution in [3.63, 3.8) is 0 Å². The topological polar surface area (TPSA) is 137 Å². The van der Waals surface area contributed by atoms with Gasteiger partial charge in [0.25, 0.3) is 0 Å². The first-order chi connectivity index (χ1) is 11.5. The largest absolute Gasteiger partial charge is 0.547 e. The van der Waals surface area contributed by atoms with E-state index in [1.165, 1.54) is 13.8 Å². The van der Waals surface area contributed by atoms with E-state index >= 15 is 0 Å². The van der Waals surface area contributed by atoms with Gasteiger partial charge >= 0.3 is 23.7 Å². The van der Waals surface area contributed by atoms with Crippen molar-refractivity contribution in [1.29, 1.82) is 0 Å². The predicted octanol–water partition coefficient (Wildman–Crippen LogP) is -1.32. The van der Waals surface area contributed by atoms with E-state index < -0.39 is 47.5 Å². The molecule has 1 fully saturated rings. The van der Waals surface area contributed by atoms with E-state index in [0.29, 0.717) is 0 Å². The summed E-state index contributed by atoms with van der Waals surface area (Å²) in [5.41, 5.74) is -0.976. The highest BCUT2D eigenvalue weighted by Crippen LogP contribution is 2.33. The fourth-order valence-electron chi connectivity index (χ4n) is 1.94. The third-order valence-electron chi connectivity index (χ3n) is 2.82. The number of ether oxygens (including phenoxy) is 5. The van der Waals surface area contributed by atoms with Gasteiger partial charge in [0.05, 0.1) is 19.2 Å². The van der Waals surface area contributed by atoms with Crippen LogP contribution in [0.15, 0.2) is 0 Å². The monoisotopic (exact) mass is 361 g/mol. The van der Waals surface area contributed by atoms with Crippen molar-refractivity contribution >= 4 is 23.9 Å². The van der Waals surface area contributed by atoms with Gasteiger partial charge in [-0.05, 0) is 34.6 Å². The zero-order valence-electron chi connectivity index (χ0n) is 14.7. The maximum absolute atomic E-state index is 12.2. The van der Waals surface area contributed by atoms with Gasteiger partial charge in [0, 0.05) is 0 Å². The van der Waals surface area contributed by atoms with E-state index in [1.54, 1.807) is 20.8 Å². The van der Waals surface area contributed by atoms with Crippen molar-refractivity contribution in [1.82, 2.24) is 0 Å². The smallest absolute Gasteiger partial charge is 0.379 e. The van der Waals surface area contributed by atoms with E-state index in [0.717, 1.165) is 0 Å². The molecular weight excluding hydrogens is 340 g/mol. The molecule has 1 rings (SSSR count). The van der Waals surface area contributed by atoms with Crippen molar-refractivity contribution in [2.45, 2.75) is 58.2 Å². The molecule has 1 aliphatic heterocycles. The minimum Gasteiger partial charge on any atom is -0.547 e. The van der Waals surface area contributed by atoms with Gasteiger partial charge in [0.1, 0.15) is 11.7 Å². The Hall–Kier alpha value is -2.20. The molecule has 25 heavy (non-hydrogen) atoms. The minimum atomic E-state index is -2.85. The Labute approximate surface area is 144 Å². The zero-order valence-corrected chi connectivity index (χ0v) is 14.7. The van der Waals surface area contributed by atoms with Gasteiger partial charge < -0.3 is 33.6 Å². The van der Waals surface area contributed by atoms with Crippen molar-refractivity contribution in [3.8, 4) is 0 Å². The summed E-state index contributed by atoms with van der Waals surface area (Å²) in [6.45, 7) is 7.22. The lowest BCUT2D eigenvalue weighted by molar-refractivity contribution is -0.317. The maximum atomic E-state index is 12.2. The number of carbonyl (C=O) groups excluding carboxylic acids is 4. The van der Waals surface area contributed by atoms with E-state index in [1.807, 2.05) is 0 Å². The highest BCUT2D eigenvalue weighted by Gasteiger charge is 2.64. The molecule has 0 aromatic heterocycles. The predicted molar refractivity (Wildman–Crippen MR) is 76.6 cm³/mol. The van der Waals surface area contributed by atoms with E-state index in [-0.39, 0.29) is 13.2 Å². The Morgan fingerprint density at radius 2 is 1.40 bits per heavy atom. The number of esters is 3. The minimum absolute atomic E-state index is 0.153. The number of aliphatic carboxylic acids is 1. The average Bonchev–Trinajstić information content (AvgIpc) is 2.88. The van der Waals surface area contributed by atoms with Gasteiger partial charge in [-0.25, -0.2) is 14.4 Å².